The van der Waals surface area contributed by atoms with E-state index in [1.807, 2.05) is 6.20 Å². The number of hydrogen-bond donors (Lipinski definition) is 1. The number of aromatic amines is 1. The Morgan fingerprint density at radius 3 is 2.58 bits per heavy atom. The molecule has 2 aliphatic rings. The fourth-order valence-corrected chi connectivity index (χ4v) is 4.06. The molecule has 0 radical (unpaired) electrons. The molecule has 1 spiro atoms. The average molecular weight is 252 g/mol. The lowest BCUT2D eigenvalue weighted by molar-refractivity contribution is 0.292. The van der Waals surface area contributed by atoms with Crippen molar-refractivity contribution in [3.63, 3.8) is 0 Å². The lowest BCUT2D eigenvalue weighted by Crippen LogP contribution is -2.42. The van der Waals surface area contributed by atoms with E-state index in [1.165, 1.54) is 43.5 Å². The van der Waals surface area contributed by atoms with Crippen LogP contribution < -0.4 is 4.90 Å². The predicted octanol–water partition coefficient (Wildman–Crippen LogP) is 4.19. The minimum atomic E-state index is 0.250. The van der Waals surface area contributed by atoms with Gasteiger partial charge in [0, 0.05) is 12.7 Å². The highest BCUT2D eigenvalue weighted by Crippen LogP contribution is 2.50. The van der Waals surface area contributed by atoms with Crippen molar-refractivity contribution in [3.8, 4) is 0 Å². The van der Waals surface area contributed by atoms with Gasteiger partial charge in [-0.3, -0.25) is 0 Å². The summed E-state index contributed by atoms with van der Waals surface area (Å²) in [6.45, 7) is 1.05. The lowest BCUT2D eigenvalue weighted by Gasteiger charge is -2.43. The van der Waals surface area contributed by atoms with E-state index >= 15 is 0 Å². The summed E-state index contributed by atoms with van der Waals surface area (Å²) in [5.74, 6) is 1.28. The Morgan fingerprint density at radius 2 is 1.79 bits per heavy atom. The monoisotopic (exact) mass is 252 g/mol. The molecular formula is C17H20N2. The number of rotatable bonds is 1. The molecule has 4 rings (SSSR count). The lowest BCUT2D eigenvalue weighted by atomic mass is 9.76. The SMILES string of the molecule is c1c[nH]c(N2Cc3ccccc3C23CCCCC3)c1. The minimum Gasteiger partial charge on any atom is -0.348 e. The predicted molar refractivity (Wildman–Crippen MR) is 78.2 cm³/mol. The molecule has 0 bridgehead atoms. The molecule has 2 heterocycles. The Hall–Kier alpha value is -1.70. The maximum atomic E-state index is 3.41. The molecular weight excluding hydrogens is 232 g/mol. The van der Waals surface area contributed by atoms with Gasteiger partial charge in [0.2, 0.25) is 0 Å². The van der Waals surface area contributed by atoms with E-state index < -0.39 is 0 Å². The molecule has 1 aromatic heterocycles. The first-order valence-corrected chi connectivity index (χ1v) is 7.40. The van der Waals surface area contributed by atoms with Gasteiger partial charge in [-0.05, 0) is 36.1 Å². The van der Waals surface area contributed by atoms with Crippen molar-refractivity contribution in [2.24, 2.45) is 0 Å². The zero-order valence-corrected chi connectivity index (χ0v) is 11.2. The molecule has 1 N–H and O–H groups in total. The molecule has 0 saturated heterocycles. The number of benzene rings is 1. The molecule has 1 aromatic carbocycles. The number of nitrogens with one attached hydrogen (secondary N) is 1. The van der Waals surface area contributed by atoms with E-state index in [4.69, 9.17) is 0 Å². The fourth-order valence-electron chi connectivity index (χ4n) is 4.06. The van der Waals surface area contributed by atoms with Crippen molar-refractivity contribution < 1.29 is 0 Å². The van der Waals surface area contributed by atoms with Crippen LogP contribution in [-0.2, 0) is 12.1 Å². The Morgan fingerprint density at radius 1 is 0.947 bits per heavy atom. The summed E-state index contributed by atoms with van der Waals surface area (Å²) in [5, 5.41) is 0. The molecule has 98 valence electrons. The summed E-state index contributed by atoms with van der Waals surface area (Å²) < 4.78 is 0. The smallest absolute Gasteiger partial charge is 0.106 e. The molecule has 19 heavy (non-hydrogen) atoms. The van der Waals surface area contributed by atoms with Gasteiger partial charge in [0.05, 0.1) is 5.54 Å². The first-order valence-electron chi connectivity index (χ1n) is 7.40. The van der Waals surface area contributed by atoms with E-state index in [0.29, 0.717) is 0 Å². The molecule has 1 aliphatic heterocycles. The van der Waals surface area contributed by atoms with Gasteiger partial charge >= 0.3 is 0 Å². The highest BCUT2D eigenvalue weighted by molar-refractivity contribution is 5.54. The third kappa shape index (κ3) is 1.55. The van der Waals surface area contributed by atoms with Crippen LogP contribution in [0.1, 0.15) is 43.2 Å². The van der Waals surface area contributed by atoms with Crippen LogP contribution >= 0.6 is 0 Å². The molecule has 2 aromatic rings. The van der Waals surface area contributed by atoms with Crippen LogP contribution in [-0.4, -0.2) is 4.98 Å². The van der Waals surface area contributed by atoms with Crippen LogP contribution in [0, 0.1) is 0 Å². The van der Waals surface area contributed by atoms with Gasteiger partial charge in [-0.1, -0.05) is 43.5 Å². The Bertz CT molecular complexity index is 565. The second kappa shape index (κ2) is 4.16. The maximum Gasteiger partial charge on any atom is 0.106 e. The van der Waals surface area contributed by atoms with E-state index in [2.05, 4.69) is 46.3 Å². The maximum absolute atomic E-state index is 3.41. The normalized spacial score (nSPS) is 20.7. The highest BCUT2D eigenvalue weighted by Gasteiger charge is 2.45. The number of hydrogen-bond acceptors (Lipinski definition) is 1. The molecule has 0 atom stereocenters. The fraction of sp³-hybridized carbons (Fsp3) is 0.412. The van der Waals surface area contributed by atoms with Gasteiger partial charge in [0.1, 0.15) is 5.82 Å². The van der Waals surface area contributed by atoms with Crippen LogP contribution in [0.5, 0.6) is 0 Å². The summed E-state index contributed by atoms with van der Waals surface area (Å²) in [4.78, 5) is 6.02. The standard InChI is InChI=1S/C17H20N2/c1-4-10-17(11-5-1)15-8-3-2-7-14(15)13-19(17)16-9-6-12-18-16/h2-3,6-9,12,18H,1,4-5,10-11,13H2. The summed E-state index contributed by atoms with van der Waals surface area (Å²) in [6, 6.07) is 13.3. The molecule has 1 aliphatic carbocycles. The number of aromatic nitrogens is 1. The second-order valence-corrected chi connectivity index (χ2v) is 5.89. The van der Waals surface area contributed by atoms with E-state index in [9.17, 15) is 0 Å². The Balaban J connectivity index is 1.85. The second-order valence-electron chi connectivity index (χ2n) is 5.89. The van der Waals surface area contributed by atoms with Gasteiger partial charge in [-0.25, -0.2) is 0 Å². The molecule has 2 heteroatoms. The molecule has 1 fully saturated rings. The van der Waals surface area contributed by atoms with Crippen molar-refractivity contribution >= 4 is 5.82 Å². The summed E-state index contributed by atoms with van der Waals surface area (Å²) in [5.41, 5.74) is 3.34. The third-order valence-corrected chi connectivity index (χ3v) is 4.92. The van der Waals surface area contributed by atoms with E-state index in [-0.39, 0.29) is 5.54 Å². The third-order valence-electron chi connectivity index (χ3n) is 4.92. The van der Waals surface area contributed by atoms with E-state index in [1.54, 1.807) is 5.56 Å². The number of nitrogens with zero attached hydrogens (tertiary/aromatic N) is 1. The Kier molecular flexibility index (Phi) is 2.44. The topological polar surface area (TPSA) is 19.0 Å². The summed E-state index contributed by atoms with van der Waals surface area (Å²) in [6.07, 6.45) is 8.72. The van der Waals surface area contributed by atoms with E-state index in [0.717, 1.165) is 6.54 Å². The van der Waals surface area contributed by atoms with Crippen molar-refractivity contribution in [1.82, 2.24) is 4.98 Å². The Labute approximate surface area is 114 Å². The van der Waals surface area contributed by atoms with Crippen LogP contribution in [0.25, 0.3) is 0 Å². The van der Waals surface area contributed by atoms with Gasteiger partial charge in [-0.2, -0.15) is 0 Å². The van der Waals surface area contributed by atoms with Crippen molar-refractivity contribution in [2.45, 2.75) is 44.2 Å². The van der Waals surface area contributed by atoms with Crippen molar-refractivity contribution in [3.05, 3.63) is 53.7 Å². The molecule has 1 saturated carbocycles. The first-order chi connectivity index (χ1) is 9.40. The van der Waals surface area contributed by atoms with Crippen LogP contribution in [0.3, 0.4) is 0 Å². The summed E-state index contributed by atoms with van der Waals surface area (Å²) in [7, 11) is 0. The number of fused-ring (bicyclic) bond motifs is 2. The van der Waals surface area contributed by atoms with Gasteiger partial charge in [0.15, 0.2) is 0 Å². The molecule has 2 nitrogen and oxygen atoms in total. The zero-order valence-electron chi connectivity index (χ0n) is 11.2. The first kappa shape index (κ1) is 11.2. The van der Waals surface area contributed by atoms with Gasteiger partial charge in [-0.15, -0.1) is 0 Å². The number of H-pyrrole nitrogens is 1. The minimum absolute atomic E-state index is 0.250. The summed E-state index contributed by atoms with van der Waals surface area (Å²) >= 11 is 0. The quantitative estimate of drug-likeness (QED) is 0.806. The largest absolute Gasteiger partial charge is 0.348 e. The van der Waals surface area contributed by atoms with Crippen LogP contribution in [0.2, 0.25) is 0 Å². The average Bonchev–Trinajstić information content (AvgIpc) is 3.08. The van der Waals surface area contributed by atoms with Crippen molar-refractivity contribution in [2.75, 3.05) is 4.90 Å². The molecule has 0 unspecified atom stereocenters. The van der Waals surface area contributed by atoms with Crippen LogP contribution in [0.4, 0.5) is 5.82 Å². The van der Waals surface area contributed by atoms with Gasteiger partial charge in [0.25, 0.3) is 0 Å². The number of anilines is 1. The highest BCUT2D eigenvalue weighted by atomic mass is 15.3. The van der Waals surface area contributed by atoms with Gasteiger partial charge < -0.3 is 9.88 Å². The molecule has 0 amide bonds. The van der Waals surface area contributed by atoms with Crippen LogP contribution in [0.15, 0.2) is 42.6 Å². The van der Waals surface area contributed by atoms with Crippen molar-refractivity contribution in [1.29, 1.82) is 0 Å². The zero-order chi connectivity index (χ0) is 12.7.